The summed E-state index contributed by atoms with van der Waals surface area (Å²) in [7, 11) is 0. The molecule has 1 spiro atoms. The smallest absolute Gasteiger partial charge is 0.313 e. The topological polar surface area (TPSA) is 125 Å². The predicted molar refractivity (Wildman–Crippen MR) is 167 cm³/mol. The molecule has 4 aliphatic heterocycles. The van der Waals surface area contributed by atoms with Gasteiger partial charge in [0, 0.05) is 31.7 Å². The third-order valence-corrected chi connectivity index (χ3v) is 9.46. The number of hydrogen-bond donors (Lipinski definition) is 2. The van der Waals surface area contributed by atoms with E-state index >= 15 is 0 Å². The minimum Gasteiger partial charge on any atom is -0.455 e. The van der Waals surface area contributed by atoms with Crippen molar-refractivity contribution in [1.29, 1.82) is 0 Å². The summed E-state index contributed by atoms with van der Waals surface area (Å²) < 4.78 is 13.0. The third kappa shape index (κ3) is 6.45. The number of unbranched alkanes of at least 4 members (excludes halogenated alkanes) is 3. The van der Waals surface area contributed by atoms with Gasteiger partial charge in [0.15, 0.2) is 0 Å². The van der Waals surface area contributed by atoms with E-state index in [1.807, 2.05) is 69.3 Å². The van der Waals surface area contributed by atoms with Gasteiger partial charge in [0.1, 0.15) is 23.7 Å². The Bertz CT molecular complexity index is 1320. The number of rotatable bonds is 7. The van der Waals surface area contributed by atoms with E-state index in [4.69, 9.17) is 9.47 Å². The zero-order valence-electron chi connectivity index (χ0n) is 26.8. The Hall–Kier alpha value is -3.50. The summed E-state index contributed by atoms with van der Waals surface area (Å²) in [6, 6.07) is 7.79. The van der Waals surface area contributed by atoms with Gasteiger partial charge in [0.2, 0.25) is 17.7 Å². The molecule has 0 aromatic heterocycles. The fourth-order valence-corrected chi connectivity index (χ4v) is 7.30. The molecular weight excluding hydrogens is 574 g/mol. The minimum atomic E-state index is -1.36. The molecule has 2 saturated heterocycles. The highest BCUT2D eigenvalue weighted by molar-refractivity contribution is 5.99. The number of allylic oxidation sites excluding steroid dienone is 1. The van der Waals surface area contributed by atoms with Crippen LogP contribution in [0.1, 0.15) is 77.9 Å². The molecular formula is C35H47N3O7. The van der Waals surface area contributed by atoms with Crippen molar-refractivity contribution >= 4 is 23.7 Å². The molecule has 5 rings (SSSR count). The fraction of sp³-hybridized carbons (Fsp3) is 0.600. The van der Waals surface area contributed by atoms with Crippen molar-refractivity contribution in [2.24, 2.45) is 11.8 Å². The Kier molecular flexibility index (Phi) is 9.84. The number of hydrogen-bond acceptors (Lipinski definition) is 7. The Labute approximate surface area is 265 Å². The van der Waals surface area contributed by atoms with E-state index in [1.54, 1.807) is 22.8 Å². The monoisotopic (exact) mass is 621 g/mol. The van der Waals surface area contributed by atoms with Gasteiger partial charge in [-0.1, -0.05) is 67.5 Å². The van der Waals surface area contributed by atoms with Gasteiger partial charge in [0.25, 0.3) is 0 Å². The van der Waals surface area contributed by atoms with E-state index in [-0.39, 0.29) is 30.7 Å². The molecule has 0 bridgehead atoms. The van der Waals surface area contributed by atoms with E-state index in [9.17, 15) is 24.3 Å². The molecule has 3 amide bonds. The number of nitrogens with one attached hydrogen (secondary N) is 1. The fourth-order valence-electron chi connectivity index (χ4n) is 7.30. The second kappa shape index (κ2) is 13.5. The maximum absolute atomic E-state index is 14.5. The highest BCUT2D eigenvalue weighted by Crippen LogP contribution is 2.53. The van der Waals surface area contributed by atoms with Crippen molar-refractivity contribution in [3.63, 3.8) is 0 Å². The number of likely N-dealkylation sites (tertiary alicyclic amines) is 1. The van der Waals surface area contributed by atoms with Crippen molar-refractivity contribution in [2.45, 2.75) is 102 Å². The largest absolute Gasteiger partial charge is 0.455 e. The first kappa shape index (κ1) is 32.9. The number of esters is 1. The number of amides is 3. The molecule has 0 saturated carbocycles. The number of aliphatic hydroxyl groups is 1. The van der Waals surface area contributed by atoms with E-state index < -0.39 is 53.2 Å². The molecule has 2 N–H and O–H groups in total. The number of aliphatic hydroxyl groups excluding tert-OH is 1. The van der Waals surface area contributed by atoms with Gasteiger partial charge in [-0.05, 0) is 52.5 Å². The van der Waals surface area contributed by atoms with Gasteiger partial charge >= 0.3 is 5.97 Å². The van der Waals surface area contributed by atoms with Crippen molar-refractivity contribution in [3.05, 3.63) is 60.2 Å². The van der Waals surface area contributed by atoms with Gasteiger partial charge < -0.3 is 29.7 Å². The number of carbonyl (C=O) groups excluding carboxylic acids is 4. The summed E-state index contributed by atoms with van der Waals surface area (Å²) in [6.45, 7) is 8.50. The van der Waals surface area contributed by atoms with Gasteiger partial charge in [-0.25, -0.2) is 0 Å². The maximum Gasteiger partial charge on any atom is 0.313 e. The highest BCUT2D eigenvalue weighted by Gasteiger charge is 2.72. The molecule has 10 heteroatoms. The molecule has 1 aromatic rings. The van der Waals surface area contributed by atoms with Crippen LogP contribution in [0, 0.1) is 11.8 Å². The van der Waals surface area contributed by atoms with Crippen LogP contribution in [-0.2, 0) is 28.7 Å². The van der Waals surface area contributed by atoms with Crippen LogP contribution in [0.3, 0.4) is 0 Å². The van der Waals surface area contributed by atoms with Crippen molar-refractivity contribution < 1.29 is 33.8 Å². The second-order valence-electron chi connectivity index (χ2n) is 13.6. The Morgan fingerprint density at radius 3 is 2.44 bits per heavy atom. The van der Waals surface area contributed by atoms with Crippen LogP contribution in [0.15, 0.2) is 54.6 Å². The van der Waals surface area contributed by atoms with Crippen LogP contribution in [0.4, 0.5) is 0 Å². The molecule has 4 aliphatic rings. The lowest BCUT2D eigenvalue weighted by atomic mass is 9.77. The van der Waals surface area contributed by atoms with Crippen LogP contribution in [0.5, 0.6) is 0 Å². The Morgan fingerprint density at radius 2 is 1.73 bits per heavy atom. The van der Waals surface area contributed by atoms with Crippen molar-refractivity contribution in [2.75, 3.05) is 19.7 Å². The molecule has 10 nitrogen and oxygen atoms in total. The lowest BCUT2D eigenvalue weighted by Crippen LogP contribution is -2.58. The summed E-state index contributed by atoms with van der Waals surface area (Å²) in [5.41, 5.74) is -1.15. The highest BCUT2D eigenvalue weighted by atomic mass is 16.6. The van der Waals surface area contributed by atoms with E-state index in [0.717, 1.165) is 18.4 Å². The van der Waals surface area contributed by atoms with Crippen molar-refractivity contribution in [3.8, 4) is 0 Å². The molecule has 0 radical (unpaired) electrons. The average Bonchev–Trinajstić information content (AvgIpc) is 3.37. The number of benzene rings is 1. The first-order valence-electron chi connectivity index (χ1n) is 16.3. The van der Waals surface area contributed by atoms with E-state index in [0.29, 0.717) is 32.4 Å². The molecule has 45 heavy (non-hydrogen) atoms. The SMILES string of the molecule is C[C@H]1NC(=O)CC/C=C\[C@H]2O[C@]34C=CCN(C(C)(C)C)C(=O)[C@H]3N(CCCCCCO)C(=O)[C@@H]4[C@H]2C(=O)O[C@@H]1c1ccccc1. The van der Waals surface area contributed by atoms with Gasteiger partial charge in [0.05, 0.1) is 18.1 Å². The molecule has 0 aliphatic carbocycles. The number of ether oxygens (including phenoxy) is 2. The van der Waals surface area contributed by atoms with Crippen LogP contribution in [0.2, 0.25) is 0 Å². The maximum atomic E-state index is 14.5. The normalized spacial score (nSPS) is 32.9. The molecule has 4 heterocycles. The number of nitrogens with zero attached hydrogens (tertiary/aromatic N) is 2. The summed E-state index contributed by atoms with van der Waals surface area (Å²) in [4.78, 5) is 59.4. The summed E-state index contributed by atoms with van der Waals surface area (Å²) in [5.74, 6) is -3.23. The second-order valence-corrected chi connectivity index (χ2v) is 13.6. The van der Waals surface area contributed by atoms with Crippen LogP contribution >= 0.6 is 0 Å². The molecule has 1 aromatic carbocycles. The number of carbonyl (C=O) groups is 4. The first-order chi connectivity index (χ1) is 21.5. The zero-order valence-corrected chi connectivity index (χ0v) is 26.8. The Balaban J connectivity index is 1.56. The zero-order chi connectivity index (χ0) is 32.4. The molecule has 0 unspecified atom stereocenters. The quantitative estimate of drug-likeness (QED) is 0.271. The summed E-state index contributed by atoms with van der Waals surface area (Å²) in [5, 5.41) is 12.2. The predicted octanol–water partition coefficient (Wildman–Crippen LogP) is 3.46. The first-order valence-corrected chi connectivity index (χ1v) is 16.3. The summed E-state index contributed by atoms with van der Waals surface area (Å²) in [6.07, 6.45) is 9.28. The number of cyclic esters (lactones) is 1. The number of fused-ring (bicyclic) bond motifs is 2. The van der Waals surface area contributed by atoms with Crippen molar-refractivity contribution in [1.82, 2.24) is 15.1 Å². The lowest BCUT2D eigenvalue weighted by molar-refractivity contribution is -0.161. The van der Waals surface area contributed by atoms with Gasteiger partial charge in [-0.2, -0.15) is 0 Å². The summed E-state index contributed by atoms with van der Waals surface area (Å²) >= 11 is 0. The molecule has 7 atom stereocenters. The van der Waals surface area contributed by atoms with Crippen LogP contribution in [0.25, 0.3) is 0 Å². The van der Waals surface area contributed by atoms with Gasteiger partial charge in [-0.3, -0.25) is 19.2 Å². The minimum absolute atomic E-state index is 0.110. The van der Waals surface area contributed by atoms with E-state index in [1.165, 1.54) is 0 Å². The van der Waals surface area contributed by atoms with Gasteiger partial charge in [-0.15, -0.1) is 0 Å². The average molecular weight is 622 g/mol. The third-order valence-electron chi connectivity index (χ3n) is 9.46. The molecule has 244 valence electrons. The van der Waals surface area contributed by atoms with Crippen LogP contribution < -0.4 is 5.32 Å². The molecule has 2 fully saturated rings. The van der Waals surface area contributed by atoms with E-state index in [2.05, 4.69) is 5.32 Å². The standard InChI is InChI=1S/C35H47N3O7/c1-23-29(24-15-8-7-9-16-24)44-33(43)27-25(17-10-11-18-26(40)36-23)45-35-19-14-21-38(34(2,3)4)32(42)30(35)37(31(41)28(27)35)20-12-5-6-13-22-39/h7-10,14-17,19,23,25,27-30,39H,5-6,11-13,18,20-22H2,1-4H3,(H,36,40)/b17-10-/t23-,25-,27+,28+,29+,30-,35+/m1/s1. The Morgan fingerprint density at radius 1 is 1.00 bits per heavy atom. The lowest BCUT2D eigenvalue weighted by Gasteiger charge is -2.40. The van der Waals surface area contributed by atoms with Crippen LogP contribution in [-0.4, -0.2) is 87.6 Å².